The van der Waals surface area contributed by atoms with Crippen molar-refractivity contribution in [1.82, 2.24) is 0 Å². The van der Waals surface area contributed by atoms with Crippen molar-refractivity contribution in [3.05, 3.63) is 55.9 Å². The van der Waals surface area contributed by atoms with Crippen molar-refractivity contribution in [1.29, 1.82) is 0 Å². The van der Waals surface area contributed by atoms with E-state index in [9.17, 15) is 19.7 Å². The average molecular weight is 334 g/mol. The first-order valence-corrected chi connectivity index (χ1v) is 7.41. The number of hydrogen-bond donors (Lipinski definition) is 1. The molecule has 0 unspecified atom stereocenters. The average Bonchev–Trinajstić information content (AvgIpc) is 2.81. The molecule has 1 amide bonds. The Morgan fingerprint density at radius 3 is 2.35 bits per heavy atom. The summed E-state index contributed by atoms with van der Waals surface area (Å²) in [5, 5.41) is 13.7. The van der Waals surface area contributed by atoms with Crippen LogP contribution < -0.4 is 5.32 Å². The van der Waals surface area contributed by atoms with Gasteiger partial charge in [0.1, 0.15) is 5.00 Å². The number of amides is 1. The summed E-state index contributed by atoms with van der Waals surface area (Å²) in [7, 11) is 1.27. The molecule has 0 bridgehead atoms. The van der Waals surface area contributed by atoms with E-state index in [0.717, 1.165) is 10.4 Å². The number of non-ortho nitro benzene ring substituents is 1. The van der Waals surface area contributed by atoms with Crippen LogP contribution >= 0.6 is 11.3 Å². The molecular formula is C15H14N2O5S. The molecule has 0 aliphatic carbocycles. The summed E-state index contributed by atoms with van der Waals surface area (Å²) in [6.07, 6.45) is 0. The Morgan fingerprint density at radius 1 is 1.22 bits per heavy atom. The van der Waals surface area contributed by atoms with Crippen LogP contribution in [0, 0.1) is 24.0 Å². The predicted octanol–water partition coefficient (Wildman–Crippen LogP) is 3.31. The van der Waals surface area contributed by atoms with Gasteiger partial charge >= 0.3 is 5.97 Å². The number of anilines is 1. The summed E-state index contributed by atoms with van der Waals surface area (Å²) in [6.45, 7) is 3.62. The number of hydrogen-bond acceptors (Lipinski definition) is 6. The summed E-state index contributed by atoms with van der Waals surface area (Å²) in [6, 6.07) is 5.22. The zero-order valence-corrected chi connectivity index (χ0v) is 13.5. The third-order valence-corrected chi connectivity index (χ3v) is 4.46. The molecule has 2 rings (SSSR count). The minimum absolute atomic E-state index is 0.0976. The number of nitrogens with one attached hydrogen (secondary N) is 1. The van der Waals surface area contributed by atoms with E-state index in [1.54, 1.807) is 6.92 Å². The molecule has 0 spiro atoms. The second-order valence-electron chi connectivity index (χ2n) is 4.74. The van der Waals surface area contributed by atoms with Crippen molar-refractivity contribution in [2.24, 2.45) is 0 Å². The van der Waals surface area contributed by atoms with Gasteiger partial charge in [-0.3, -0.25) is 14.9 Å². The van der Waals surface area contributed by atoms with Gasteiger partial charge in [0.05, 0.1) is 17.6 Å². The maximum atomic E-state index is 12.3. The lowest BCUT2D eigenvalue weighted by Crippen LogP contribution is -2.14. The highest BCUT2D eigenvalue weighted by Crippen LogP contribution is 2.33. The van der Waals surface area contributed by atoms with Crippen LogP contribution in [-0.4, -0.2) is 23.9 Å². The van der Waals surface area contributed by atoms with Crippen LogP contribution in [0.3, 0.4) is 0 Å². The summed E-state index contributed by atoms with van der Waals surface area (Å²) in [5.41, 5.74) is 1.24. The van der Waals surface area contributed by atoms with Crippen LogP contribution in [0.1, 0.15) is 31.2 Å². The molecule has 7 nitrogen and oxygen atoms in total. The van der Waals surface area contributed by atoms with Gasteiger partial charge in [0, 0.05) is 22.6 Å². The van der Waals surface area contributed by atoms with Crippen molar-refractivity contribution in [2.45, 2.75) is 13.8 Å². The third-order valence-electron chi connectivity index (χ3n) is 3.34. The molecule has 0 saturated carbocycles. The van der Waals surface area contributed by atoms with Crippen LogP contribution in [-0.2, 0) is 4.74 Å². The molecular weight excluding hydrogens is 320 g/mol. The van der Waals surface area contributed by atoms with Gasteiger partial charge in [0.25, 0.3) is 11.6 Å². The fourth-order valence-corrected chi connectivity index (χ4v) is 3.02. The van der Waals surface area contributed by atoms with Crippen molar-refractivity contribution in [3.8, 4) is 0 Å². The zero-order chi connectivity index (χ0) is 17.1. The molecule has 1 N–H and O–H groups in total. The van der Waals surface area contributed by atoms with E-state index in [0.29, 0.717) is 10.6 Å². The van der Waals surface area contributed by atoms with Gasteiger partial charge in [-0.25, -0.2) is 4.79 Å². The number of nitro benzene ring substituents is 1. The zero-order valence-electron chi connectivity index (χ0n) is 12.7. The topological polar surface area (TPSA) is 98.5 Å². The number of benzene rings is 1. The molecule has 2 aromatic rings. The molecule has 0 radical (unpaired) electrons. The predicted molar refractivity (Wildman–Crippen MR) is 86.2 cm³/mol. The van der Waals surface area contributed by atoms with E-state index in [1.165, 1.54) is 42.7 Å². The van der Waals surface area contributed by atoms with Gasteiger partial charge in [-0.05, 0) is 31.5 Å². The monoisotopic (exact) mass is 334 g/mol. The van der Waals surface area contributed by atoms with E-state index >= 15 is 0 Å². The summed E-state index contributed by atoms with van der Waals surface area (Å²) < 4.78 is 4.74. The fraction of sp³-hybridized carbons (Fsp3) is 0.200. The highest BCUT2D eigenvalue weighted by Gasteiger charge is 2.22. The Morgan fingerprint density at radius 2 is 1.83 bits per heavy atom. The van der Waals surface area contributed by atoms with Gasteiger partial charge < -0.3 is 10.1 Å². The number of aryl methyl sites for hydroxylation is 1. The lowest BCUT2D eigenvalue weighted by atomic mass is 10.1. The SMILES string of the molecule is COC(=O)c1c(NC(=O)c2ccc([N+](=O)[O-])cc2)sc(C)c1C. The molecule has 0 atom stereocenters. The van der Waals surface area contributed by atoms with Crippen LogP contribution in [0.25, 0.3) is 0 Å². The molecule has 23 heavy (non-hydrogen) atoms. The molecule has 1 heterocycles. The van der Waals surface area contributed by atoms with E-state index in [4.69, 9.17) is 4.74 Å². The maximum absolute atomic E-state index is 12.3. The summed E-state index contributed by atoms with van der Waals surface area (Å²) >= 11 is 1.27. The van der Waals surface area contributed by atoms with Gasteiger partial charge in [-0.2, -0.15) is 0 Å². The number of carbonyl (C=O) groups is 2. The number of esters is 1. The Labute approximate surface area is 136 Å². The Balaban J connectivity index is 2.28. The first-order valence-electron chi connectivity index (χ1n) is 6.59. The number of thiophene rings is 1. The fourth-order valence-electron chi connectivity index (χ4n) is 1.97. The van der Waals surface area contributed by atoms with E-state index < -0.39 is 16.8 Å². The van der Waals surface area contributed by atoms with E-state index in [2.05, 4.69) is 5.32 Å². The van der Waals surface area contributed by atoms with Gasteiger partial charge in [-0.15, -0.1) is 11.3 Å². The van der Waals surface area contributed by atoms with Crippen molar-refractivity contribution in [3.63, 3.8) is 0 Å². The molecule has 1 aromatic heterocycles. The van der Waals surface area contributed by atoms with Crippen LogP contribution in [0.2, 0.25) is 0 Å². The number of carbonyl (C=O) groups excluding carboxylic acids is 2. The van der Waals surface area contributed by atoms with Crippen LogP contribution in [0.5, 0.6) is 0 Å². The number of nitro groups is 1. The summed E-state index contributed by atoms with van der Waals surface area (Å²) in [5.74, 6) is -0.975. The van der Waals surface area contributed by atoms with Crippen molar-refractivity contribution in [2.75, 3.05) is 12.4 Å². The minimum Gasteiger partial charge on any atom is -0.465 e. The lowest BCUT2D eigenvalue weighted by molar-refractivity contribution is -0.384. The van der Waals surface area contributed by atoms with Gasteiger partial charge in [0.15, 0.2) is 0 Å². The second-order valence-corrected chi connectivity index (χ2v) is 5.96. The van der Waals surface area contributed by atoms with Crippen molar-refractivity contribution >= 4 is 33.9 Å². The van der Waals surface area contributed by atoms with E-state index in [1.807, 2.05) is 6.92 Å². The molecule has 8 heteroatoms. The molecule has 1 aromatic carbocycles. The Hall–Kier alpha value is -2.74. The third kappa shape index (κ3) is 3.37. The normalized spacial score (nSPS) is 10.2. The minimum atomic E-state index is -0.539. The standard InChI is InChI=1S/C15H14N2O5S/c1-8-9(2)23-14(12(8)15(19)22-3)16-13(18)10-4-6-11(7-5-10)17(20)21/h4-7H,1-3H3,(H,16,18). The molecule has 0 aliphatic heterocycles. The lowest BCUT2D eigenvalue weighted by Gasteiger charge is -2.06. The van der Waals surface area contributed by atoms with Gasteiger partial charge in [-0.1, -0.05) is 0 Å². The maximum Gasteiger partial charge on any atom is 0.341 e. The number of ether oxygens (including phenoxy) is 1. The first kappa shape index (κ1) is 16.6. The number of nitrogens with zero attached hydrogens (tertiary/aromatic N) is 1. The van der Waals surface area contributed by atoms with Gasteiger partial charge in [0.2, 0.25) is 0 Å². The second kappa shape index (κ2) is 6.57. The quantitative estimate of drug-likeness (QED) is 0.525. The highest BCUT2D eigenvalue weighted by atomic mass is 32.1. The van der Waals surface area contributed by atoms with Crippen LogP contribution in [0.15, 0.2) is 24.3 Å². The van der Waals surface area contributed by atoms with E-state index in [-0.39, 0.29) is 11.3 Å². The molecule has 0 fully saturated rings. The molecule has 0 aliphatic rings. The van der Waals surface area contributed by atoms with Crippen molar-refractivity contribution < 1.29 is 19.2 Å². The van der Waals surface area contributed by atoms with Crippen LogP contribution in [0.4, 0.5) is 10.7 Å². The smallest absolute Gasteiger partial charge is 0.341 e. The molecule has 0 saturated heterocycles. The molecule has 120 valence electrons. The summed E-state index contributed by atoms with van der Waals surface area (Å²) in [4.78, 5) is 35.1. The Bertz CT molecular complexity index is 780. The largest absolute Gasteiger partial charge is 0.465 e. The highest BCUT2D eigenvalue weighted by molar-refractivity contribution is 7.16. The Kier molecular flexibility index (Phi) is 4.75. The number of methoxy groups -OCH3 is 1. The first-order chi connectivity index (χ1) is 10.8. The number of rotatable bonds is 4.